The number of nitrogens with one attached hydrogen (secondary N) is 2. The van der Waals surface area contributed by atoms with Gasteiger partial charge in [-0.1, -0.05) is 81.4 Å². The van der Waals surface area contributed by atoms with E-state index in [4.69, 9.17) is 4.42 Å². The number of amides is 2. The molecule has 3 rings (SSSR count). The molecular formula is C24H27N3O3. The third-order valence-corrected chi connectivity index (χ3v) is 4.35. The number of aromatic nitrogens is 1. The van der Waals surface area contributed by atoms with Gasteiger partial charge in [-0.15, -0.1) is 0 Å². The molecule has 1 aromatic heterocycles. The lowest BCUT2D eigenvalue weighted by Crippen LogP contribution is -2.42. The Hall–Kier alpha value is -3.41. The SMILES string of the molecule is CC(C)(C)CC(=O)NNC(=O)CCc1nc(-c2ccccc2)c(-c2ccccc2)o1. The lowest BCUT2D eigenvalue weighted by molar-refractivity contribution is -0.129. The van der Waals surface area contributed by atoms with Crippen LogP contribution in [0.3, 0.4) is 0 Å². The maximum absolute atomic E-state index is 12.1. The number of nitrogens with zero attached hydrogens (tertiary/aromatic N) is 1. The van der Waals surface area contributed by atoms with E-state index >= 15 is 0 Å². The zero-order valence-corrected chi connectivity index (χ0v) is 17.6. The van der Waals surface area contributed by atoms with Crippen molar-refractivity contribution in [3.63, 3.8) is 0 Å². The van der Waals surface area contributed by atoms with Crippen molar-refractivity contribution in [2.24, 2.45) is 5.41 Å². The first-order chi connectivity index (χ1) is 14.3. The molecule has 1 heterocycles. The van der Waals surface area contributed by atoms with Gasteiger partial charge in [-0.25, -0.2) is 4.98 Å². The number of carbonyl (C=O) groups is 2. The van der Waals surface area contributed by atoms with Gasteiger partial charge in [0.15, 0.2) is 11.7 Å². The molecule has 0 bridgehead atoms. The Morgan fingerprint density at radius 1 is 0.867 bits per heavy atom. The van der Waals surface area contributed by atoms with Crippen LogP contribution in [-0.2, 0) is 16.0 Å². The van der Waals surface area contributed by atoms with E-state index < -0.39 is 0 Å². The van der Waals surface area contributed by atoms with Gasteiger partial charge in [0.25, 0.3) is 0 Å². The molecule has 156 valence electrons. The highest BCUT2D eigenvalue weighted by Crippen LogP contribution is 2.32. The molecule has 6 nitrogen and oxygen atoms in total. The summed E-state index contributed by atoms with van der Waals surface area (Å²) in [5.74, 6) is 0.641. The van der Waals surface area contributed by atoms with E-state index in [0.717, 1.165) is 16.8 Å². The smallest absolute Gasteiger partial charge is 0.238 e. The summed E-state index contributed by atoms with van der Waals surface area (Å²) in [7, 11) is 0. The highest BCUT2D eigenvalue weighted by atomic mass is 16.4. The second-order valence-corrected chi connectivity index (χ2v) is 8.35. The molecule has 6 heteroatoms. The molecule has 3 aromatic rings. The second kappa shape index (κ2) is 9.39. The van der Waals surface area contributed by atoms with Crippen LogP contribution in [0.25, 0.3) is 22.6 Å². The maximum Gasteiger partial charge on any atom is 0.238 e. The van der Waals surface area contributed by atoms with Crippen molar-refractivity contribution in [2.75, 3.05) is 0 Å². The Morgan fingerprint density at radius 2 is 1.43 bits per heavy atom. The zero-order chi connectivity index (χ0) is 21.6. The van der Waals surface area contributed by atoms with Gasteiger partial charge in [0.2, 0.25) is 11.8 Å². The average Bonchev–Trinajstić information content (AvgIpc) is 3.15. The van der Waals surface area contributed by atoms with Crippen LogP contribution in [0, 0.1) is 5.41 Å². The fraction of sp³-hybridized carbons (Fsp3) is 0.292. The van der Waals surface area contributed by atoms with Crippen LogP contribution >= 0.6 is 0 Å². The van der Waals surface area contributed by atoms with Crippen LogP contribution in [0.5, 0.6) is 0 Å². The molecule has 0 aliphatic heterocycles. The van der Waals surface area contributed by atoms with E-state index in [-0.39, 0.29) is 23.7 Å². The summed E-state index contributed by atoms with van der Waals surface area (Å²) < 4.78 is 6.02. The number of hydrazine groups is 1. The summed E-state index contributed by atoms with van der Waals surface area (Å²) >= 11 is 0. The van der Waals surface area contributed by atoms with E-state index in [0.29, 0.717) is 24.5 Å². The second-order valence-electron chi connectivity index (χ2n) is 8.35. The quantitative estimate of drug-likeness (QED) is 0.591. The van der Waals surface area contributed by atoms with Gasteiger partial charge in [-0.05, 0) is 5.41 Å². The molecule has 2 amide bonds. The standard InChI is InChI=1S/C24H27N3O3/c1-24(2,3)16-20(29)27-26-19(28)14-15-21-25-22(17-10-6-4-7-11-17)23(30-21)18-12-8-5-9-13-18/h4-13H,14-16H2,1-3H3,(H,26,28)(H,27,29). The van der Waals surface area contributed by atoms with Gasteiger partial charge >= 0.3 is 0 Å². The van der Waals surface area contributed by atoms with Gasteiger partial charge in [0, 0.05) is 30.4 Å². The van der Waals surface area contributed by atoms with E-state index in [2.05, 4.69) is 15.8 Å². The van der Waals surface area contributed by atoms with Gasteiger partial charge in [0.1, 0.15) is 5.69 Å². The topological polar surface area (TPSA) is 84.2 Å². The van der Waals surface area contributed by atoms with Crippen LogP contribution in [-0.4, -0.2) is 16.8 Å². The predicted molar refractivity (Wildman–Crippen MR) is 116 cm³/mol. The van der Waals surface area contributed by atoms with Crippen molar-refractivity contribution in [1.82, 2.24) is 15.8 Å². The van der Waals surface area contributed by atoms with Crippen molar-refractivity contribution >= 4 is 11.8 Å². The minimum Gasteiger partial charge on any atom is -0.440 e. The van der Waals surface area contributed by atoms with Crippen LogP contribution in [0.15, 0.2) is 65.1 Å². The first-order valence-electron chi connectivity index (χ1n) is 10.00. The average molecular weight is 405 g/mol. The molecule has 0 fully saturated rings. The number of oxazole rings is 1. The number of carbonyl (C=O) groups excluding carboxylic acids is 2. The summed E-state index contributed by atoms with van der Waals surface area (Å²) in [5, 5.41) is 0. The maximum atomic E-state index is 12.1. The Balaban J connectivity index is 1.67. The molecule has 0 spiro atoms. The predicted octanol–water partition coefficient (Wildman–Crippen LogP) is 4.52. The molecule has 30 heavy (non-hydrogen) atoms. The third-order valence-electron chi connectivity index (χ3n) is 4.35. The van der Waals surface area contributed by atoms with E-state index in [1.54, 1.807) is 0 Å². The summed E-state index contributed by atoms with van der Waals surface area (Å²) in [4.78, 5) is 28.6. The first kappa shape index (κ1) is 21.3. The van der Waals surface area contributed by atoms with Crippen LogP contribution in [0.1, 0.15) is 39.5 Å². The van der Waals surface area contributed by atoms with E-state index in [1.807, 2.05) is 81.4 Å². The van der Waals surface area contributed by atoms with E-state index in [9.17, 15) is 9.59 Å². The minimum absolute atomic E-state index is 0.144. The van der Waals surface area contributed by atoms with Gasteiger partial charge < -0.3 is 4.42 Å². The lowest BCUT2D eigenvalue weighted by Gasteiger charge is -2.17. The lowest BCUT2D eigenvalue weighted by atomic mass is 9.92. The summed E-state index contributed by atoms with van der Waals surface area (Å²) in [5.41, 5.74) is 7.38. The summed E-state index contributed by atoms with van der Waals surface area (Å²) in [6.07, 6.45) is 0.806. The van der Waals surface area contributed by atoms with Crippen molar-refractivity contribution in [3.8, 4) is 22.6 Å². The van der Waals surface area contributed by atoms with Gasteiger partial charge in [-0.3, -0.25) is 20.4 Å². The Bertz CT molecular complexity index is 933. The van der Waals surface area contributed by atoms with Crippen molar-refractivity contribution < 1.29 is 14.0 Å². The highest BCUT2D eigenvalue weighted by molar-refractivity contribution is 5.82. The van der Waals surface area contributed by atoms with Crippen LogP contribution in [0.2, 0.25) is 0 Å². The molecule has 0 saturated carbocycles. The van der Waals surface area contributed by atoms with E-state index in [1.165, 1.54) is 0 Å². The first-order valence-corrected chi connectivity index (χ1v) is 10.00. The molecule has 0 radical (unpaired) electrons. The number of aryl methyl sites for hydroxylation is 1. The molecule has 0 aliphatic rings. The van der Waals surface area contributed by atoms with Gasteiger partial charge in [-0.2, -0.15) is 0 Å². The molecule has 2 N–H and O–H groups in total. The molecular weight excluding hydrogens is 378 g/mol. The molecule has 0 saturated heterocycles. The van der Waals surface area contributed by atoms with Crippen molar-refractivity contribution in [2.45, 2.75) is 40.0 Å². The Labute approximate surface area is 176 Å². The molecule has 0 atom stereocenters. The number of hydrogen-bond donors (Lipinski definition) is 2. The molecule has 0 unspecified atom stereocenters. The monoisotopic (exact) mass is 405 g/mol. The third kappa shape index (κ3) is 6.04. The number of hydrogen-bond acceptors (Lipinski definition) is 4. The Kier molecular flexibility index (Phi) is 6.67. The summed E-state index contributed by atoms with van der Waals surface area (Å²) in [6, 6.07) is 19.6. The summed E-state index contributed by atoms with van der Waals surface area (Å²) in [6.45, 7) is 5.89. The molecule has 2 aromatic carbocycles. The van der Waals surface area contributed by atoms with Gasteiger partial charge in [0.05, 0.1) is 0 Å². The van der Waals surface area contributed by atoms with Crippen LogP contribution < -0.4 is 10.9 Å². The Morgan fingerprint density at radius 3 is 2.03 bits per heavy atom. The largest absolute Gasteiger partial charge is 0.440 e. The number of rotatable bonds is 6. The normalized spacial score (nSPS) is 11.2. The number of benzene rings is 2. The fourth-order valence-electron chi connectivity index (χ4n) is 3.00. The zero-order valence-electron chi connectivity index (χ0n) is 17.6. The fourth-order valence-corrected chi connectivity index (χ4v) is 3.00. The molecule has 0 aliphatic carbocycles. The minimum atomic E-state index is -0.294. The van der Waals surface area contributed by atoms with Crippen molar-refractivity contribution in [3.05, 3.63) is 66.6 Å². The highest BCUT2D eigenvalue weighted by Gasteiger charge is 2.18. The van der Waals surface area contributed by atoms with Crippen molar-refractivity contribution in [1.29, 1.82) is 0 Å². The van der Waals surface area contributed by atoms with Crippen LogP contribution in [0.4, 0.5) is 0 Å².